The van der Waals surface area contributed by atoms with E-state index < -0.39 is 12.1 Å². The van der Waals surface area contributed by atoms with Gasteiger partial charge in [0.15, 0.2) is 0 Å². The van der Waals surface area contributed by atoms with Gasteiger partial charge in [-0.1, -0.05) is 11.6 Å². The molecule has 1 aliphatic heterocycles. The van der Waals surface area contributed by atoms with E-state index in [-0.39, 0.29) is 10.6 Å². The van der Waals surface area contributed by atoms with Crippen LogP contribution >= 0.6 is 11.6 Å². The Kier molecular flexibility index (Phi) is 3.22. The normalized spacial score (nSPS) is 18.7. The maximum Gasteiger partial charge on any atom is 0.337 e. The zero-order valence-corrected chi connectivity index (χ0v) is 11.3. The molecule has 1 aromatic heterocycles. The molecule has 104 valence electrons. The third kappa shape index (κ3) is 2.18. The van der Waals surface area contributed by atoms with Crippen LogP contribution in [-0.4, -0.2) is 35.3 Å². The number of anilines is 1. The van der Waals surface area contributed by atoms with Crippen molar-refractivity contribution in [3.8, 4) is 0 Å². The van der Waals surface area contributed by atoms with Gasteiger partial charge in [0.05, 0.1) is 22.6 Å². The summed E-state index contributed by atoms with van der Waals surface area (Å²) < 4.78 is 13.2. The number of carboxylic acid groups (broad SMARTS) is 1. The summed E-state index contributed by atoms with van der Waals surface area (Å²) in [6, 6.07) is 6.59. The van der Waals surface area contributed by atoms with E-state index in [4.69, 9.17) is 11.6 Å². The first kappa shape index (κ1) is 13.1. The molecule has 0 aliphatic carbocycles. The molecule has 0 unspecified atom stereocenters. The number of pyridine rings is 1. The largest absolute Gasteiger partial charge is 0.478 e. The highest BCUT2D eigenvalue weighted by Crippen LogP contribution is 2.28. The number of hydrogen-bond donors (Lipinski definition) is 1. The monoisotopic (exact) mass is 294 g/mol. The van der Waals surface area contributed by atoms with Crippen molar-refractivity contribution in [2.45, 2.75) is 12.6 Å². The highest BCUT2D eigenvalue weighted by atomic mass is 35.5. The zero-order valence-electron chi connectivity index (χ0n) is 10.5. The molecule has 1 aliphatic rings. The van der Waals surface area contributed by atoms with Crippen LogP contribution in [0.15, 0.2) is 24.3 Å². The summed E-state index contributed by atoms with van der Waals surface area (Å²) >= 11 is 5.92. The fraction of sp³-hybridized carbons (Fsp3) is 0.286. The molecule has 1 saturated heterocycles. The van der Waals surface area contributed by atoms with Gasteiger partial charge in [0, 0.05) is 11.9 Å². The van der Waals surface area contributed by atoms with Gasteiger partial charge in [-0.15, -0.1) is 0 Å². The Labute approximate surface area is 119 Å². The van der Waals surface area contributed by atoms with Gasteiger partial charge in [0.25, 0.3) is 0 Å². The lowest BCUT2D eigenvalue weighted by molar-refractivity contribution is 0.0699. The fourth-order valence-electron chi connectivity index (χ4n) is 2.49. The average Bonchev–Trinajstić information content (AvgIpc) is 2.84. The molecule has 2 heterocycles. The second kappa shape index (κ2) is 4.90. The smallest absolute Gasteiger partial charge is 0.337 e. The maximum atomic E-state index is 13.2. The summed E-state index contributed by atoms with van der Waals surface area (Å²) in [5, 5.41) is 9.88. The third-order valence-electron chi connectivity index (χ3n) is 3.47. The quantitative estimate of drug-likeness (QED) is 0.924. The summed E-state index contributed by atoms with van der Waals surface area (Å²) in [4.78, 5) is 17.5. The first-order valence-electron chi connectivity index (χ1n) is 6.28. The van der Waals surface area contributed by atoms with Crippen LogP contribution in [0, 0.1) is 0 Å². The molecule has 3 rings (SSSR count). The van der Waals surface area contributed by atoms with Gasteiger partial charge in [-0.25, -0.2) is 14.2 Å². The third-order valence-corrected chi connectivity index (χ3v) is 3.79. The Morgan fingerprint density at radius 1 is 1.40 bits per heavy atom. The number of benzene rings is 1. The van der Waals surface area contributed by atoms with E-state index in [9.17, 15) is 14.3 Å². The van der Waals surface area contributed by atoms with Gasteiger partial charge in [-0.3, -0.25) is 0 Å². The van der Waals surface area contributed by atoms with Crippen molar-refractivity contribution in [3.63, 3.8) is 0 Å². The predicted molar refractivity (Wildman–Crippen MR) is 75.4 cm³/mol. The number of hydrogen-bond acceptors (Lipinski definition) is 3. The van der Waals surface area contributed by atoms with E-state index in [0.29, 0.717) is 36.2 Å². The van der Waals surface area contributed by atoms with Crippen LogP contribution in [0.1, 0.15) is 16.8 Å². The van der Waals surface area contributed by atoms with E-state index in [1.54, 1.807) is 18.2 Å². The van der Waals surface area contributed by atoms with Crippen LogP contribution in [0.5, 0.6) is 0 Å². The molecule has 1 fully saturated rings. The highest BCUT2D eigenvalue weighted by molar-refractivity contribution is 6.35. The molecular formula is C14H12ClFN2O2. The van der Waals surface area contributed by atoms with Crippen LogP contribution in [0.25, 0.3) is 10.9 Å². The minimum atomic E-state index is -1.08. The predicted octanol–water partition coefficient (Wildman–Crippen LogP) is 3.13. The Morgan fingerprint density at radius 2 is 2.20 bits per heavy atom. The molecule has 0 spiro atoms. The molecule has 1 atom stereocenters. The minimum Gasteiger partial charge on any atom is -0.478 e. The van der Waals surface area contributed by atoms with Crippen molar-refractivity contribution in [1.82, 2.24) is 4.98 Å². The standard InChI is InChI=1S/C14H12ClFN2O2/c15-10-2-3-11-9(13(10)14(19)20)1-4-12(17-11)18-6-5-8(16)7-18/h1-4,8H,5-7H2,(H,19,20)/t8-/m0/s1. The number of carbonyl (C=O) groups is 1. The first-order chi connectivity index (χ1) is 9.56. The van der Waals surface area contributed by atoms with Crippen molar-refractivity contribution >= 4 is 34.3 Å². The minimum absolute atomic E-state index is 0.0491. The number of rotatable bonds is 2. The van der Waals surface area contributed by atoms with E-state index in [2.05, 4.69) is 4.98 Å². The molecule has 20 heavy (non-hydrogen) atoms. The first-order valence-corrected chi connectivity index (χ1v) is 6.65. The Hall–Kier alpha value is -1.88. The van der Waals surface area contributed by atoms with Gasteiger partial charge in [0.1, 0.15) is 12.0 Å². The van der Waals surface area contributed by atoms with Gasteiger partial charge in [-0.2, -0.15) is 0 Å². The number of carboxylic acids is 1. The number of aromatic nitrogens is 1. The van der Waals surface area contributed by atoms with Crippen molar-refractivity contribution in [2.75, 3.05) is 18.0 Å². The fourth-order valence-corrected chi connectivity index (χ4v) is 2.73. The summed E-state index contributed by atoms with van der Waals surface area (Å²) in [5.74, 6) is -0.420. The highest BCUT2D eigenvalue weighted by Gasteiger charge is 2.23. The van der Waals surface area contributed by atoms with Crippen molar-refractivity contribution in [3.05, 3.63) is 34.9 Å². The van der Waals surface area contributed by atoms with Crippen LogP contribution in [0.3, 0.4) is 0 Å². The molecule has 0 bridgehead atoms. The molecule has 0 saturated carbocycles. The average molecular weight is 295 g/mol. The van der Waals surface area contributed by atoms with Crippen molar-refractivity contribution in [1.29, 1.82) is 0 Å². The van der Waals surface area contributed by atoms with Gasteiger partial charge >= 0.3 is 5.97 Å². The Balaban J connectivity index is 2.09. The number of halogens is 2. The second-order valence-corrected chi connectivity index (χ2v) is 5.20. The number of nitrogens with zero attached hydrogens (tertiary/aromatic N) is 2. The van der Waals surface area contributed by atoms with E-state index in [0.717, 1.165) is 0 Å². The molecule has 0 amide bonds. The SMILES string of the molecule is O=C(O)c1c(Cl)ccc2nc(N3CC[C@H](F)C3)ccc12. The molecule has 6 heteroatoms. The van der Waals surface area contributed by atoms with Gasteiger partial charge < -0.3 is 10.0 Å². The lowest BCUT2D eigenvalue weighted by atomic mass is 10.1. The topological polar surface area (TPSA) is 53.4 Å². The van der Waals surface area contributed by atoms with Gasteiger partial charge in [-0.05, 0) is 30.7 Å². The summed E-state index contributed by atoms with van der Waals surface area (Å²) in [5.41, 5.74) is 0.597. The van der Waals surface area contributed by atoms with E-state index in [1.165, 1.54) is 6.07 Å². The number of aromatic carboxylic acids is 1. The lowest BCUT2D eigenvalue weighted by Gasteiger charge is -2.17. The number of alkyl halides is 1. The Bertz CT molecular complexity index is 692. The summed E-state index contributed by atoms with van der Waals surface area (Å²) in [6.45, 7) is 0.955. The molecular weight excluding hydrogens is 283 g/mol. The van der Waals surface area contributed by atoms with Crippen LogP contribution in [-0.2, 0) is 0 Å². The van der Waals surface area contributed by atoms with Crippen molar-refractivity contribution < 1.29 is 14.3 Å². The molecule has 0 radical (unpaired) electrons. The summed E-state index contributed by atoms with van der Waals surface area (Å²) in [6.07, 6.45) is -0.326. The number of fused-ring (bicyclic) bond motifs is 1. The molecule has 1 aromatic carbocycles. The van der Waals surface area contributed by atoms with E-state index >= 15 is 0 Å². The molecule has 2 aromatic rings. The maximum absolute atomic E-state index is 13.2. The van der Waals surface area contributed by atoms with Crippen LogP contribution < -0.4 is 4.90 Å². The summed E-state index contributed by atoms with van der Waals surface area (Å²) in [7, 11) is 0. The lowest BCUT2D eigenvalue weighted by Crippen LogP contribution is -2.21. The zero-order chi connectivity index (χ0) is 14.3. The second-order valence-electron chi connectivity index (χ2n) is 4.80. The van der Waals surface area contributed by atoms with Crippen LogP contribution in [0.2, 0.25) is 5.02 Å². The van der Waals surface area contributed by atoms with Crippen LogP contribution in [0.4, 0.5) is 10.2 Å². The van der Waals surface area contributed by atoms with Gasteiger partial charge in [0.2, 0.25) is 0 Å². The molecule has 4 nitrogen and oxygen atoms in total. The molecule has 1 N–H and O–H groups in total. The Morgan fingerprint density at radius 3 is 2.85 bits per heavy atom. The van der Waals surface area contributed by atoms with E-state index in [1.807, 2.05) is 4.90 Å². The van der Waals surface area contributed by atoms with Crippen molar-refractivity contribution in [2.24, 2.45) is 0 Å².